The number of allylic oxidation sites excluding steroid dienone is 1. The van der Waals surface area contributed by atoms with Gasteiger partial charge >= 0.3 is 0 Å². The summed E-state index contributed by atoms with van der Waals surface area (Å²) in [5, 5.41) is 13.0. The summed E-state index contributed by atoms with van der Waals surface area (Å²) in [5.74, 6) is 0.574. The Morgan fingerprint density at radius 3 is 2.65 bits per heavy atom. The average Bonchev–Trinajstić information content (AvgIpc) is 2.81. The number of hydrogen-bond donors (Lipinski definition) is 1. The maximum Gasteiger partial charge on any atom is 0.266 e. The molecule has 6 heteroatoms. The number of halogens is 1. The number of nitrogens with one attached hydrogen (secondary N) is 1. The monoisotopic (exact) mass is 472 g/mol. The summed E-state index contributed by atoms with van der Waals surface area (Å²) >= 11 is 6.07. The van der Waals surface area contributed by atoms with Crippen LogP contribution in [0.2, 0.25) is 5.02 Å². The molecule has 34 heavy (non-hydrogen) atoms. The van der Waals surface area contributed by atoms with Gasteiger partial charge in [-0.1, -0.05) is 41.9 Å². The SMILES string of the molecule is C=CCc1cc(/C=C(\C#N)C(=O)Nc2cccc(C)c2)cc(OC)c1OCc1cccc(Cl)c1. The van der Waals surface area contributed by atoms with Gasteiger partial charge in [0, 0.05) is 16.3 Å². The van der Waals surface area contributed by atoms with Gasteiger partial charge in [-0.3, -0.25) is 4.79 Å². The van der Waals surface area contributed by atoms with Crippen molar-refractivity contribution >= 4 is 29.3 Å². The molecule has 3 aromatic rings. The number of nitriles is 1. The van der Waals surface area contributed by atoms with E-state index in [1.165, 1.54) is 6.08 Å². The Morgan fingerprint density at radius 2 is 1.97 bits per heavy atom. The smallest absolute Gasteiger partial charge is 0.266 e. The van der Waals surface area contributed by atoms with E-state index in [2.05, 4.69) is 11.9 Å². The van der Waals surface area contributed by atoms with Crippen LogP contribution < -0.4 is 14.8 Å². The van der Waals surface area contributed by atoms with E-state index in [4.69, 9.17) is 21.1 Å². The predicted octanol–water partition coefficient (Wildman–Crippen LogP) is 6.51. The number of carbonyl (C=O) groups excluding carboxylic acids is 1. The third kappa shape index (κ3) is 6.50. The van der Waals surface area contributed by atoms with Gasteiger partial charge < -0.3 is 14.8 Å². The normalized spacial score (nSPS) is 10.8. The number of hydrogen-bond acceptors (Lipinski definition) is 4. The fourth-order valence-corrected chi connectivity index (χ4v) is 3.62. The minimum atomic E-state index is -0.487. The zero-order valence-electron chi connectivity index (χ0n) is 19.1. The molecule has 3 rings (SSSR count). The van der Waals surface area contributed by atoms with Crippen molar-refractivity contribution in [2.45, 2.75) is 20.0 Å². The van der Waals surface area contributed by atoms with Gasteiger partial charge in [0.05, 0.1) is 7.11 Å². The molecule has 5 nitrogen and oxygen atoms in total. The molecular weight excluding hydrogens is 448 g/mol. The molecule has 0 aliphatic carbocycles. The van der Waals surface area contributed by atoms with Crippen molar-refractivity contribution in [3.05, 3.63) is 106 Å². The summed E-state index contributed by atoms with van der Waals surface area (Å²) in [6.07, 6.45) is 3.80. The molecule has 0 aromatic heterocycles. The number of carbonyl (C=O) groups is 1. The van der Waals surface area contributed by atoms with Gasteiger partial charge in [0.25, 0.3) is 5.91 Å². The number of nitrogens with zero attached hydrogens (tertiary/aromatic N) is 1. The molecule has 0 radical (unpaired) electrons. The average molecular weight is 473 g/mol. The maximum absolute atomic E-state index is 12.7. The van der Waals surface area contributed by atoms with Gasteiger partial charge in [0.1, 0.15) is 18.2 Å². The van der Waals surface area contributed by atoms with Crippen LogP contribution >= 0.6 is 11.6 Å². The Hall–Kier alpha value is -4.01. The summed E-state index contributed by atoms with van der Waals surface area (Å²) in [6.45, 7) is 6.06. The molecule has 0 bridgehead atoms. The minimum absolute atomic E-state index is 0.0271. The maximum atomic E-state index is 12.7. The van der Waals surface area contributed by atoms with Crippen LogP contribution in [0.3, 0.4) is 0 Å². The molecule has 0 aliphatic rings. The molecule has 0 saturated carbocycles. The van der Waals surface area contributed by atoms with E-state index in [0.29, 0.717) is 40.8 Å². The van der Waals surface area contributed by atoms with E-state index in [-0.39, 0.29) is 5.57 Å². The van der Waals surface area contributed by atoms with Crippen LogP contribution in [0.15, 0.2) is 78.9 Å². The molecule has 0 spiro atoms. The Morgan fingerprint density at radius 1 is 1.18 bits per heavy atom. The molecule has 0 aliphatic heterocycles. The van der Waals surface area contributed by atoms with Gasteiger partial charge in [0.2, 0.25) is 0 Å². The highest BCUT2D eigenvalue weighted by atomic mass is 35.5. The fourth-order valence-electron chi connectivity index (χ4n) is 3.41. The fraction of sp³-hybridized carbons (Fsp3) is 0.143. The number of aryl methyl sites for hydroxylation is 1. The molecular formula is C28H25ClN2O3. The molecule has 0 atom stereocenters. The second kappa shape index (κ2) is 11.7. The zero-order chi connectivity index (χ0) is 24.5. The first-order valence-corrected chi connectivity index (χ1v) is 11.0. The molecule has 0 unspecified atom stereocenters. The Kier molecular flexibility index (Phi) is 8.50. The number of ether oxygens (including phenoxy) is 2. The molecule has 0 saturated heterocycles. The number of benzene rings is 3. The van der Waals surface area contributed by atoms with Crippen LogP contribution in [0.1, 0.15) is 22.3 Å². The third-order valence-corrected chi connectivity index (χ3v) is 5.20. The number of rotatable bonds is 9. The van der Waals surface area contributed by atoms with Crippen molar-refractivity contribution in [3.63, 3.8) is 0 Å². The summed E-state index contributed by atoms with van der Waals surface area (Å²) in [4.78, 5) is 12.7. The molecule has 1 amide bonds. The lowest BCUT2D eigenvalue weighted by atomic mass is 10.0. The van der Waals surface area contributed by atoms with E-state index in [9.17, 15) is 10.1 Å². The zero-order valence-corrected chi connectivity index (χ0v) is 19.9. The molecule has 0 heterocycles. The standard InChI is InChI=1S/C28H25ClN2O3/c1-4-7-22-13-21(14-23(17-30)28(32)31-25-11-5-8-19(2)12-25)16-26(33-3)27(22)34-18-20-9-6-10-24(29)15-20/h4-6,8-16H,1,7,18H2,2-3H3,(H,31,32)/b23-14+. The van der Waals surface area contributed by atoms with Crippen molar-refractivity contribution < 1.29 is 14.3 Å². The van der Waals surface area contributed by atoms with Crippen molar-refractivity contribution in [3.8, 4) is 17.6 Å². The summed E-state index contributed by atoms with van der Waals surface area (Å²) in [6, 6.07) is 20.4. The lowest BCUT2D eigenvalue weighted by molar-refractivity contribution is -0.112. The Balaban J connectivity index is 1.90. The van der Waals surface area contributed by atoms with Gasteiger partial charge in [0.15, 0.2) is 11.5 Å². The minimum Gasteiger partial charge on any atom is -0.493 e. The summed E-state index contributed by atoms with van der Waals surface area (Å²) < 4.78 is 11.7. The first kappa shape index (κ1) is 24.6. The molecule has 1 N–H and O–H groups in total. The quantitative estimate of drug-likeness (QED) is 0.219. The van der Waals surface area contributed by atoms with Crippen LogP contribution in [0.25, 0.3) is 6.08 Å². The number of amides is 1. The second-order valence-electron chi connectivity index (χ2n) is 7.62. The van der Waals surface area contributed by atoms with Crippen LogP contribution in [0, 0.1) is 18.3 Å². The predicted molar refractivity (Wildman–Crippen MR) is 136 cm³/mol. The highest BCUT2D eigenvalue weighted by molar-refractivity contribution is 6.30. The van der Waals surface area contributed by atoms with Crippen molar-refractivity contribution in [2.75, 3.05) is 12.4 Å². The van der Waals surface area contributed by atoms with Gasteiger partial charge in [-0.2, -0.15) is 5.26 Å². The summed E-state index contributed by atoms with van der Waals surface area (Å²) in [5.41, 5.74) is 3.98. The lowest BCUT2D eigenvalue weighted by Gasteiger charge is -2.16. The van der Waals surface area contributed by atoms with Crippen LogP contribution in [-0.2, 0) is 17.8 Å². The summed E-state index contributed by atoms with van der Waals surface area (Å²) in [7, 11) is 1.54. The first-order chi connectivity index (χ1) is 16.4. The van der Waals surface area contributed by atoms with Crippen LogP contribution in [-0.4, -0.2) is 13.0 Å². The topological polar surface area (TPSA) is 71.4 Å². The number of anilines is 1. The van der Waals surface area contributed by atoms with E-state index < -0.39 is 5.91 Å². The van der Waals surface area contributed by atoms with Crippen molar-refractivity contribution in [2.24, 2.45) is 0 Å². The largest absolute Gasteiger partial charge is 0.493 e. The lowest BCUT2D eigenvalue weighted by Crippen LogP contribution is -2.13. The molecule has 0 fully saturated rings. The van der Waals surface area contributed by atoms with Gasteiger partial charge in [-0.05, 0) is 72.5 Å². The van der Waals surface area contributed by atoms with Crippen LogP contribution in [0.4, 0.5) is 5.69 Å². The van der Waals surface area contributed by atoms with Crippen LogP contribution in [0.5, 0.6) is 11.5 Å². The van der Waals surface area contributed by atoms with Gasteiger partial charge in [-0.15, -0.1) is 6.58 Å². The Bertz CT molecular complexity index is 1270. The van der Waals surface area contributed by atoms with Crippen molar-refractivity contribution in [1.82, 2.24) is 0 Å². The Labute approximate surface area is 204 Å². The van der Waals surface area contributed by atoms with Crippen molar-refractivity contribution in [1.29, 1.82) is 5.26 Å². The highest BCUT2D eigenvalue weighted by Crippen LogP contribution is 2.35. The van der Waals surface area contributed by atoms with Gasteiger partial charge in [-0.25, -0.2) is 0 Å². The van der Waals surface area contributed by atoms with E-state index in [1.807, 2.05) is 55.5 Å². The van der Waals surface area contributed by atoms with E-state index in [1.54, 1.807) is 31.4 Å². The molecule has 3 aromatic carbocycles. The highest BCUT2D eigenvalue weighted by Gasteiger charge is 2.15. The number of methoxy groups -OCH3 is 1. The second-order valence-corrected chi connectivity index (χ2v) is 8.05. The van der Waals surface area contributed by atoms with E-state index in [0.717, 1.165) is 16.7 Å². The molecule has 172 valence electrons. The first-order valence-electron chi connectivity index (χ1n) is 10.6. The third-order valence-electron chi connectivity index (χ3n) is 4.96. The van der Waals surface area contributed by atoms with E-state index >= 15 is 0 Å².